The molecule has 2 heterocycles. The van der Waals surface area contributed by atoms with Crippen molar-refractivity contribution in [3.8, 4) is 0 Å². The molecule has 0 spiro atoms. The highest BCUT2D eigenvalue weighted by Gasteiger charge is 2.25. The van der Waals surface area contributed by atoms with E-state index in [1.165, 1.54) is 6.33 Å². The van der Waals surface area contributed by atoms with Gasteiger partial charge >= 0.3 is 6.03 Å². The number of ether oxygens (including phenoxy) is 1. The number of carbonyl (C=O) groups excluding carboxylic acids is 1. The van der Waals surface area contributed by atoms with Gasteiger partial charge in [0.15, 0.2) is 0 Å². The van der Waals surface area contributed by atoms with Crippen molar-refractivity contribution in [1.29, 1.82) is 0 Å². The molecule has 7 nitrogen and oxygen atoms in total. The quantitative estimate of drug-likeness (QED) is 0.866. The summed E-state index contributed by atoms with van der Waals surface area (Å²) in [5.74, 6) is 0.739. The van der Waals surface area contributed by atoms with Gasteiger partial charge in [-0.3, -0.25) is 0 Å². The minimum Gasteiger partial charge on any atom is -0.376 e. The molecule has 0 aliphatic carbocycles. The van der Waals surface area contributed by atoms with E-state index in [1.807, 2.05) is 32.4 Å². The number of hydrogen-bond donors (Lipinski definition) is 2. The number of hydrogen-bond acceptors (Lipinski definition) is 4. The van der Waals surface area contributed by atoms with E-state index < -0.39 is 0 Å². The average molecular weight is 281 g/mol. The summed E-state index contributed by atoms with van der Waals surface area (Å²) in [7, 11) is 0. The molecule has 1 fully saturated rings. The maximum absolute atomic E-state index is 11.9. The molecule has 2 rings (SSSR count). The van der Waals surface area contributed by atoms with Crippen LogP contribution in [0.25, 0.3) is 0 Å². The van der Waals surface area contributed by atoms with Crippen molar-refractivity contribution >= 4 is 6.03 Å². The van der Waals surface area contributed by atoms with Crippen LogP contribution in [0.4, 0.5) is 4.79 Å². The van der Waals surface area contributed by atoms with Gasteiger partial charge < -0.3 is 15.4 Å². The SMILES string of the molecule is C[C@H]1OCC[C@H]1NC(=O)NCc1ncnn1C(C)(C)C. The molecule has 2 amide bonds. The molecule has 1 aliphatic rings. The molecule has 1 aliphatic heterocycles. The lowest BCUT2D eigenvalue weighted by Crippen LogP contribution is -2.45. The smallest absolute Gasteiger partial charge is 0.315 e. The van der Waals surface area contributed by atoms with Crippen molar-refractivity contribution in [2.24, 2.45) is 0 Å². The predicted molar refractivity (Wildman–Crippen MR) is 74.2 cm³/mol. The molecule has 20 heavy (non-hydrogen) atoms. The molecular weight excluding hydrogens is 258 g/mol. The van der Waals surface area contributed by atoms with E-state index in [4.69, 9.17) is 4.74 Å². The molecule has 0 bridgehead atoms. The highest BCUT2D eigenvalue weighted by molar-refractivity contribution is 5.74. The highest BCUT2D eigenvalue weighted by atomic mass is 16.5. The first-order valence-electron chi connectivity index (χ1n) is 6.93. The Kier molecular flexibility index (Phi) is 4.27. The standard InChI is InChI=1S/C13H23N5O2/c1-9-10(5-6-20-9)17-12(19)14-7-11-15-8-16-18(11)13(2,3)4/h8-10H,5-7H2,1-4H3,(H2,14,17,19)/t9-,10-/m1/s1. The fourth-order valence-corrected chi connectivity index (χ4v) is 2.25. The molecule has 1 saturated heterocycles. The molecular formula is C13H23N5O2. The average Bonchev–Trinajstić information content (AvgIpc) is 2.96. The maximum atomic E-state index is 11.9. The van der Waals surface area contributed by atoms with Crippen LogP contribution in [0.5, 0.6) is 0 Å². The minimum absolute atomic E-state index is 0.0685. The molecule has 2 atom stereocenters. The number of aromatic nitrogens is 3. The Labute approximate surface area is 119 Å². The van der Waals surface area contributed by atoms with Gasteiger partial charge in [-0.15, -0.1) is 0 Å². The number of carbonyl (C=O) groups is 1. The topological polar surface area (TPSA) is 81.1 Å². The van der Waals surface area contributed by atoms with Crippen LogP contribution >= 0.6 is 0 Å². The number of nitrogens with one attached hydrogen (secondary N) is 2. The maximum Gasteiger partial charge on any atom is 0.315 e. The molecule has 2 N–H and O–H groups in total. The van der Waals surface area contributed by atoms with Crippen LogP contribution in [-0.2, 0) is 16.8 Å². The van der Waals surface area contributed by atoms with E-state index in [1.54, 1.807) is 0 Å². The Morgan fingerprint density at radius 1 is 1.55 bits per heavy atom. The second-order valence-corrected chi connectivity index (χ2v) is 6.06. The van der Waals surface area contributed by atoms with Gasteiger partial charge in [0.1, 0.15) is 12.2 Å². The van der Waals surface area contributed by atoms with Crippen LogP contribution in [0.1, 0.15) is 39.9 Å². The van der Waals surface area contributed by atoms with Crippen LogP contribution in [0.3, 0.4) is 0 Å². The third-order valence-electron chi connectivity index (χ3n) is 3.35. The molecule has 0 saturated carbocycles. The normalized spacial score (nSPS) is 22.8. The van der Waals surface area contributed by atoms with Gasteiger partial charge in [-0.2, -0.15) is 5.10 Å². The summed E-state index contributed by atoms with van der Waals surface area (Å²) in [5, 5.41) is 9.93. The zero-order valence-electron chi connectivity index (χ0n) is 12.5. The summed E-state index contributed by atoms with van der Waals surface area (Å²) in [6.45, 7) is 9.15. The summed E-state index contributed by atoms with van der Waals surface area (Å²) < 4.78 is 7.23. The van der Waals surface area contributed by atoms with Gasteiger partial charge in [0.2, 0.25) is 0 Å². The van der Waals surface area contributed by atoms with Crippen molar-refractivity contribution in [3.05, 3.63) is 12.2 Å². The Morgan fingerprint density at radius 3 is 2.90 bits per heavy atom. The molecule has 0 radical (unpaired) electrons. The molecule has 112 valence electrons. The van der Waals surface area contributed by atoms with E-state index in [0.29, 0.717) is 13.2 Å². The van der Waals surface area contributed by atoms with Crippen molar-refractivity contribution in [3.63, 3.8) is 0 Å². The van der Waals surface area contributed by atoms with E-state index in [-0.39, 0.29) is 23.7 Å². The van der Waals surface area contributed by atoms with Gasteiger partial charge in [0.05, 0.1) is 24.2 Å². The van der Waals surface area contributed by atoms with Crippen LogP contribution < -0.4 is 10.6 Å². The molecule has 0 unspecified atom stereocenters. The van der Waals surface area contributed by atoms with Crippen molar-refractivity contribution < 1.29 is 9.53 Å². The zero-order chi connectivity index (χ0) is 14.8. The van der Waals surface area contributed by atoms with Crippen molar-refractivity contribution in [2.75, 3.05) is 6.61 Å². The number of amides is 2. The summed E-state index contributed by atoms with van der Waals surface area (Å²) in [5.41, 5.74) is -0.155. The Morgan fingerprint density at radius 2 is 2.30 bits per heavy atom. The summed E-state index contributed by atoms with van der Waals surface area (Å²) in [6.07, 6.45) is 2.43. The van der Waals surface area contributed by atoms with Crippen LogP contribution in [-0.4, -0.2) is 39.5 Å². The predicted octanol–water partition coefficient (Wildman–Crippen LogP) is 1.01. The third kappa shape index (κ3) is 3.47. The zero-order valence-corrected chi connectivity index (χ0v) is 12.5. The summed E-state index contributed by atoms with van der Waals surface area (Å²) in [4.78, 5) is 16.1. The molecule has 1 aromatic rings. The number of nitrogens with zero attached hydrogens (tertiary/aromatic N) is 3. The first-order chi connectivity index (χ1) is 9.38. The number of urea groups is 1. The largest absolute Gasteiger partial charge is 0.376 e. The molecule has 1 aromatic heterocycles. The van der Waals surface area contributed by atoms with Crippen LogP contribution in [0, 0.1) is 0 Å². The van der Waals surface area contributed by atoms with Crippen molar-refractivity contribution in [1.82, 2.24) is 25.4 Å². The lowest BCUT2D eigenvalue weighted by atomic mass is 10.1. The van der Waals surface area contributed by atoms with Crippen molar-refractivity contribution in [2.45, 2.75) is 58.3 Å². The lowest BCUT2D eigenvalue weighted by molar-refractivity contribution is 0.114. The van der Waals surface area contributed by atoms with Gasteiger partial charge in [-0.25, -0.2) is 14.5 Å². The van der Waals surface area contributed by atoms with Gasteiger partial charge in [-0.05, 0) is 34.1 Å². The second kappa shape index (κ2) is 5.78. The highest BCUT2D eigenvalue weighted by Crippen LogP contribution is 2.14. The minimum atomic E-state index is -0.198. The van der Waals surface area contributed by atoms with E-state index >= 15 is 0 Å². The summed E-state index contributed by atoms with van der Waals surface area (Å²) in [6, 6.07) is -0.119. The third-order valence-corrected chi connectivity index (χ3v) is 3.35. The second-order valence-electron chi connectivity index (χ2n) is 6.06. The molecule has 0 aromatic carbocycles. The Bertz CT molecular complexity index is 466. The monoisotopic (exact) mass is 281 g/mol. The van der Waals surface area contributed by atoms with Gasteiger partial charge in [-0.1, -0.05) is 0 Å². The van der Waals surface area contributed by atoms with Gasteiger partial charge in [0.25, 0.3) is 0 Å². The van der Waals surface area contributed by atoms with E-state index in [0.717, 1.165) is 12.2 Å². The van der Waals surface area contributed by atoms with Crippen LogP contribution in [0.15, 0.2) is 6.33 Å². The van der Waals surface area contributed by atoms with E-state index in [9.17, 15) is 4.79 Å². The van der Waals surface area contributed by atoms with Crippen LogP contribution in [0.2, 0.25) is 0 Å². The first kappa shape index (κ1) is 14.8. The lowest BCUT2D eigenvalue weighted by Gasteiger charge is -2.21. The molecule has 7 heteroatoms. The first-order valence-corrected chi connectivity index (χ1v) is 6.93. The Balaban J connectivity index is 1.86. The fourth-order valence-electron chi connectivity index (χ4n) is 2.25. The Hall–Kier alpha value is -1.63. The van der Waals surface area contributed by atoms with Gasteiger partial charge in [0, 0.05) is 6.61 Å². The number of rotatable bonds is 3. The summed E-state index contributed by atoms with van der Waals surface area (Å²) >= 11 is 0. The fraction of sp³-hybridized carbons (Fsp3) is 0.769. The van der Waals surface area contributed by atoms with E-state index in [2.05, 4.69) is 20.7 Å².